The minimum atomic E-state index is -0.448. The first-order valence-electron chi connectivity index (χ1n) is 7.31. The number of hydrogen-bond acceptors (Lipinski definition) is 3. The lowest BCUT2D eigenvalue weighted by molar-refractivity contribution is 0.0732. The van der Waals surface area contributed by atoms with E-state index in [1.165, 1.54) is 23.8 Å². The van der Waals surface area contributed by atoms with Gasteiger partial charge in [-0.15, -0.1) is 0 Å². The lowest BCUT2D eigenvalue weighted by atomic mass is 9.98. The number of amides is 1. The van der Waals surface area contributed by atoms with Gasteiger partial charge >= 0.3 is 0 Å². The van der Waals surface area contributed by atoms with E-state index in [9.17, 15) is 14.0 Å². The average Bonchev–Trinajstić information content (AvgIpc) is 2.55. The molecule has 23 heavy (non-hydrogen) atoms. The Morgan fingerprint density at radius 2 is 2.09 bits per heavy atom. The molecule has 0 radical (unpaired) electrons. The maximum atomic E-state index is 13.9. The van der Waals surface area contributed by atoms with Gasteiger partial charge in [0.15, 0.2) is 11.6 Å². The van der Waals surface area contributed by atoms with Crippen molar-refractivity contribution in [3.63, 3.8) is 0 Å². The molecule has 1 aromatic carbocycles. The second-order valence-electron chi connectivity index (χ2n) is 5.57. The van der Waals surface area contributed by atoms with Crippen molar-refractivity contribution in [2.75, 3.05) is 13.7 Å². The van der Waals surface area contributed by atoms with Gasteiger partial charge in [0, 0.05) is 26.3 Å². The number of ether oxygens (including phenoxy) is 1. The Labute approximate surface area is 132 Å². The summed E-state index contributed by atoms with van der Waals surface area (Å²) in [6.07, 6.45) is 2.21. The normalized spacial score (nSPS) is 13.6. The van der Waals surface area contributed by atoms with Gasteiger partial charge in [0.05, 0.1) is 7.11 Å². The highest BCUT2D eigenvalue weighted by Crippen LogP contribution is 2.27. The number of pyridine rings is 1. The van der Waals surface area contributed by atoms with Crippen molar-refractivity contribution in [3.8, 4) is 5.75 Å². The van der Waals surface area contributed by atoms with Crippen LogP contribution < -0.4 is 10.3 Å². The van der Waals surface area contributed by atoms with Crippen molar-refractivity contribution in [2.24, 2.45) is 7.05 Å². The van der Waals surface area contributed by atoms with Crippen LogP contribution in [0.25, 0.3) is 0 Å². The minimum absolute atomic E-state index is 0.132. The number of benzene rings is 1. The van der Waals surface area contributed by atoms with Gasteiger partial charge in [0.25, 0.3) is 11.5 Å². The molecule has 1 amide bonds. The third kappa shape index (κ3) is 2.72. The maximum absolute atomic E-state index is 13.9. The molecule has 1 aromatic heterocycles. The van der Waals surface area contributed by atoms with E-state index in [2.05, 4.69) is 0 Å². The van der Waals surface area contributed by atoms with Gasteiger partial charge in [-0.1, -0.05) is 0 Å². The van der Waals surface area contributed by atoms with Crippen LogP contribution in [0.5, 0.6) is 5.75 Å². The third-order valence-corrected chi connectivity index (χ3v) is 4.13. The largest absolute Gasteiger partial charge is 0.494 e. The molecule has 120 valence electrons. The van der Waals surface area contributed by atoms with E-state index in [1.807, 2.05) is 0 Å². The first-order chi connectivity index (χ1) is 11.0. The molecule has 0 saturated heterocycles. The van der Waals surface area contributed by atoms with Crippen LogP contribution in [-0.2, 0) is 20.0 Å². The predicted molar refractivity (Wildman–Crippen MR) is 83.1 cm³/mol. The van der Waals surface area contributed by atoms with E-state index >= 15 is 0 Å². The van der Waals surface area contributed by atoms with E-state index in [-0.39, 0.29) is 29.3 Å². The molecule has 3 rings (SSSR count). The molecule has 2 heterocycles. The number of hydrogen-bond donors (Lipinski definition) is 0. The van der Waals surface area contributed by atoms with E-state index < -0.39 is 5.82 Å². The van der Waals surface area contributed by atoms with E-state index in [0.29, 0.717) is 13.0 Å². The number of aromatic nitrogens is 1. The van der Waals surface area contributed by atoms with Crippen molar-refractivity contribution >= 4 is 5.91 Å². The van der Waals surface area contributed by atoms with E-state index in [4.69, 9.17) is 4.74 Å². The number of rotatable bonds is 2. The van der Waals surface area contributed by atoms with Crippen LogP contribution in [0.2, 0.25) is 0 Å². The molecule has 0 aliphatic carbocycles. The molecule has 2 aromatic rings. The number of nitrogens with zero attached hydrogens (tertiary/aromatic N) is 2. The second kappa shape index (κ2) is 5.87. The summed E-state index contributed by atoms with van der Waals surface area (Å²) in [6, 6.07) is 6.26. The smallest absolute Gasteiger partial charge is 0.263 e. The zero-order valence-electron chi connectivity index (χ0n) is 13.0. The molecule has 0 saturated carbocycles. The maximum Gasteiger partial charge on any atom is 0.263 e. The number of fused-ring (bicyclic) bond motifs is 1. The van der Waals surface area contributed by atoms with Gasteiger partial charge < -0.3 is 14.2 Å². The fourth-order valence-corrected chi connectivity index (χ4v) is 2.82. The van der Waals surface area contributed by atoms with Gasteiger partial charge in [0.2, 0.25) is 0 Å². The summed E-state index contributed by atoms with van der Waals surface area (Å²) in [4.78, 5) is 26.2. The monoisotopic (exact) mass is 316 g/mol. The molecule has 0 fully saturated rings. The van der Waals surface area contributed by atoms with Gasteiger partial charge in [-0.3, -0.25) is 9.59 Å². The van der Waals surface area contributed by atoms with E-state index in [0.717, 1.165) is 11.1 Å². The Hall–Kier alpha value is -2.63. The zero-order chi connectivity index (χ0) is 16.6. The van der Waals surface area contributed by atoms with Gasteiger partial charge in [-0.2, -0.15) is 0 Å². The third-order valence-electron chi connectivity index (χ3n) is 4.13. The Balaban J connectivity index is 1.90. The van der Waals surface area contributed by atoms with Crippen LogP contribution in [0.4, 0.5) is 4.39 Å². The van der Waals surface area contributed by atoms with Gasteiger partial charge in [-0.25, -0.2) is 4.39 Å². The number of aryl methyl sites for hydroxylation is 1. The predicted octanol–water partition coefficient (Wildman–Crippen LogP) is 1.73. The highest BCUT2D eigenvalue weighted by Gasteiger charge is 2.25. The summed E-state index contributed by atoms with van der Waals surface area (Å²) in [5.41, 5.74) is 1.51. The Kier molecular flexibility index (Phi) is 3.90. The quantitative estimate of drug-likeness (QED) is 0.848. The molecular formula is C17H17FN2O3. The number of carbonyl (C=O) groups is 1. The first-order valence-corrected chi connectivity index (χ1v) is 7.31. The number of carbonyl (C=O) groups excluding carboxylic acids is 1. The summed E-state index contributed by atoms with van der Waals surface area (Å²) < 4.78 is 20.2. The second-order valence-corrected chi connectivity index (χ2v) is 5.57. The fourth-order valence-electron chi connectivity index (χ4n) is 2.82. The highest BCUT2D eigenvalue weighted by atomic mass is 19.1. The van der Waals surface area contributed by atoms with Crippen molar-refractivity contribution < 1.29 is 13.9 Å². The standard InChI is InChI=1S/C17H17FN2O3/c1-19-6-3-4-13(16(19)21)17(22)20-7-5-11-9-15(23-2)14(18)8-12(11)10-20/h3-4,6,8-9H,5,7,10H2,1-2H3. The molecule has 6 heteroatoms. The van der Waals surface area contributed by atoms with Crippen molar-refractivity contribution in [1.29, 1.82) is 0 Å². The molecule has 0 unspecified atom stereocenters. The Morgan fingerprint density at radius 3 is 2.83 bits per heavy atom. The average molecular weight is 316 g/mol. The first kappa shape index (κ1) is 15.3. The summed E-state index contributed by atoms with van der Waals surface area (Å²) in [5, 5.41) is 0. The van der Waals surface area contributed by atoms with Crippen LogP contribution in [0, 0.1) is 5.82 Å². The molecule has 0 atom stereocenters. The lowest BCUT2D eigenvalue weighted by Gasteiger charge is -2.29. The van der Waals surface area contributed by atoms with Crippen LogP contribution in [0.15, 0.2) is 35.3 Å². The molecule has 5 nitrogen and oxygen atoms in total. The highest BCUT2D eigenvalue weighted by molar-refractivity contribution is 5.94. The van der Waals surface area contributed by atoms with Gasteiger partial charge in [0.1, 0.15) is 5.56 Å². The van der Waals surface area contributed by atoms with Crippen molar-refractivity contribution in [1.82, 2.24) is 9.47 Å². The molecule has 1 aliphatic heterocycles. The van der Waals surface area contributed by atoms with Crippen LogP contribution >= 0.6 is 0 Å². The summed E-state index contributed by atoms with van der Waals surface area (Å²) in [7, 11) is 3.03. The number of methoxy groups -OCH3 is 1. The fraction of sp³-hybridized carbons (Fsp3) is 0.294. The van der Waals surface area contributed by atoms with Crippen molar-refractivity contribution in [3.05, 3.63) is 63.3 Å². The lowest BCUT2D eigenvalue weighted by Crippen LogP contribution is -2.39. The zero-order valence-corrected chi connectivity index (χ0v) is 13.0. The molecule has 0 bridgehead atoms. The summed E-state index contributed by atoms with van der Waals surface area (Å²) in [5.74, 6) is -0.565. The Bertz CT molecular complexity index is 829. The molecule has 1 aliphatic rings. The van der Waals surface area contributed by atoms with Crippen LogP contribution in [-0.4, -0.2) is 29.0 Å². The SMILES string of the molecule is COc1cc2c(cc1F)CN(C(=O)c1cccn(C)c1=O)CC2. The topological polar surface area (TPSA) is 51.5 Å². The molecule has 0 spiro atoms. The van der Waals surface area contributed by atoms with E-state index in [1.54, 1.807) is 30.3 Å². The summed E-state index contributed by atoms with van der Waals surface area (Å²) in [6.45, 7) is 0.770. The molecular weight excluding hydrogens is 299 g/mol. The summed E-state index contributed by atoms with van der Waals surface area (Å²) >= 11 is 0. The Morgan fingerprint density at radius 1 is 1.30 bits per heavy atom. The molecule has 0 N–H and O–H groups in total. The number of halogens is 1. The minimum Gasteiger partial charge on any atom is -0.494 e. The van der Waals surface area contributed by atoms with Crippen LogP contribution in [0.3, 0.4) is 0 Å². The van der Waals surface area contributed by atoms with Gasteiger partial charge in [-0.05, 0) is 41.8 Å². The van der Waals surface area contributed by atoms with Crippen molar-refractivity contribution in [2.45, 2.75) is 13.0 Å². The van der Waals surface area contributed by atoms with Crippen LogP contribution in [0.1, 0.15) is 21.5 Å².